The molecule has 2 N–H and O–H groups in total. The average molecular weight is 519 g/mol. The third-order valence-electron chi connectivity index (χ3n) is 6.77. The molecule has 9 nitrogen and oxygen atoms in total. The number of rotatable bonds is 9. The van der Waals surface area contributed by atoms with Crippen molar-refractivity contribution in [1.82, 2.24) is 24.9 Å². The highest BCUT2D eigenvalue weighted by atomic mass is 32.1. The zero-order valence-corrected chi connectivity index (χ0v) is 22.1. The van der Waals surface area contributed by atoms with Crippen LogP contribution in [0.5, 0.6) is 0 Å². The number of ether oxygens (including phenoxy) is 3. The van der Waals surface area contributed by atoms with Crippen LogP contribution >= 0.6 is 11.3 Å². The monoisotopic (exact) mass is 518 g/mol. The van der Waals surface area contributed by atoms with E-state index in [2.05, 4.69) is 46.2 Å². The maximum atomic E-state index is 6.17. The van der Waals surface area contributed by atoms with Crippen LogP contribution in [0.3, 0.4) is 0 Å². The van der Waals surface area contributed by atoms with Gasteiger partial charge in [-0.15, -0.1) is 11.3 Å². The number of aromatic nitrogens is 5. The SMILES string of the molecule is COCCOCc1c2c(nc3sc4c(NCCc5ccc6nc[nH]c6c5)ncnc4c13)CC(C)(C)OC2. The first-order chi connectivity index (χ1) is 18.0. The summed E-state index contributed by atoms with van der Waals surface area (Å²) in [6.07, 6.45) is 4.97. The quantitative estimate of drug-likeness (QED) is 0.268. The molecule has 5 aromatic rings. The van der Waals surface area contributed by atoms with Gasteiger partial charge in [0.15, 0.2) is 0 Å². The molecule has 1 aromatic carbocycles. The van der Waals surface area contributed by atoms with Gasteiger partial charge in [0.05, 0.1) is 65.3 Å². The molecule has 0 bridgehead atoms. The van der Waals surface area contributed by atoms with Crippen LogP contribution in [0.1, 0.15) is 36.2 Å². The summed E-state index contributed by atoms with van der Waals surface area (Å²) in [4.78, 5) is 22.8. The molecule has 37 heavy (non-hydrogen) atoms. The standard InChI is InChI=1S/C27H30N6O3S/c1-27(2)11-21-17(13-36-27)18(12-35-9-8-34-3)22-23-24(37-26(22)33-21)25(32-15-31-23)28-7-6-16-4-5-19-20(10-16)30-14-29-19/h4-5,10,14-15H,6-9,11-13H2,1-3H3,(H,29,30)(H,28,31,32). The lowest BCUT2D eigenvalue weighted by atomic mass is 9.92. The molecule has 1 aliphatic heterocycles. The lowest BCUT2D eigenvalue weighted by Gasteiger charge is -2.32. The number of benzene rings is 1. The topological polar surface area (TPSA) is 107 Å². The Morgan fingerprint density at radius 1 is 1.19 bits per heavy atom. The van der Waals surface area contributed by atoms with Gasteiger partial charge in [0.25, 0.3) is 0 Å². The van der Waals surface area contributed by atoms with Crippen molar-refractivity contribution < 1.29 is 14.2 Å². The summed E-state index contributed by atoms with van der Waals surface area (Å²) in [5, 5.41) is 4.57. The molecule has 0 unspecified atom stereocenters. The van der Waals surface area contributed by atoms with E-state index in [0.29, 0.717) is 26.4 Å². The normalized spacial score (nSPS) is 15.0. The van der Waals surface area contributed by atoms with Crippen molar-refractivity contribution in [2.45, 2.75) is 45.5 Å². The van der Waals surface area contributed by atoms with Crippen LogP contribution in [0, 0.1) is 0 Å². The number of nitrogens with zero attached hydrogens (tertiary/aromatic N) is 4. The Morgan fingerprint density at radius 3 is 3.00 bits per heavy atom. The Kier molecular flexibility index (Phi) is 6.49. The molecule has 0 amide bonds. The van der Waals surface area contributed by atoms with Crippen molar-refractivity contribution in [2.24, 2.45) is 0 Å². The second kappa shape index (κ2) is 9.94. The summed E-state index contributed by atoms with van der Waals surface area (Å²) >= 11 is 1.64. The molecule has 10 heteroatoms. The lowest BCUT2D eigenvalue weighted by molar-refractivity contribution is -0.0422. The van der Waals surface area contributed by atoms with Crippen LogP contribution in [-0.2, 0) is 40.3 Å². The van der Waals surface area contributed by atoms with Crippen LogP contribution in [0.4, 0.5) is 5.82 Å². The van der Waals surface area contributed by atoms with E-state index in [0.717, 1.165) is 73.5 Å². The fourth-order valence-electron chi connectivity index (χ4n) is 4.87. The lowest BCUT2D eigenvalue weighted by Crippen LogP contribution is -2.33. The molecule has 6 rings (SSSR count). The zero-order valence-electron chi connectivity index (χ0n) is 21.3. The number of imidazole rings is 1. The van der Waals surface area contributed by atoms with E-state index in [-0.39, 0.29) is 5.60 Å². The predicted molar refractivity (Wildman–Crippen MR) is 145 cm³/mol. The van der Waals surface area contributed by atoms with Gasteiger partial charge in [-0.25, -0.2) is 19.9 Å². The number of aromatic amines is 1. The van der Waals surface area contributed by atoms with Crippen molar-refractivity contribution in [3.05, 3.63) is 53.2 Å². The van der Waals surface area contributed by atoms with Crippen molar-refractivity contribution in [3.63, 3.8) is 0 Å². The van der Waals surface area contributed by atoms with E-state index in [1.54, 1.807) is 31.1 Å². The minimum Gasteiger partial charge on any atom is -0.382 e. The minimum atomic E-state index is -0.246. The van der Waals surface area contributed by atoms with Crippen molar-refractivity contribution in [2.75, 3.05) is 32.2 Å². The molecule has 0 atom stereocenters. The summed E-state index contributed by atoms with van der Waals surface area (Å²) in [5.41, 5.74) is 7.23. The van der Waals surface area contributed by atoms with Gasteiger partial charge in [0.2, 0.25) is 0 Å². The van der Waals surface area contributed by atoms with E-state index in [1.807, 2.05) is 6.07 Å². The number of methoxy groups -OCH3 is 1. The Hall–Kier alpha value is -3.18. The molecule has 1 aliphatic rings. The summed E-state index contributed by atoms with van der Waals surface area (Å²) in [5.74, 6) is 0.830. The first-order valence-electron chi connectivity index (χ1n) is 12.5. The third-order valence-corrected chi connectivity index (χ3v) is 7.85. The van der Waals surface area contributed by atoms with E-state index in [1.165, 1.54) is 5.56 Å². The van der Waals surface area contributed by atoms with Gasteiger partial charge in [-0.3, -0.25) is 0 Å². The number of hydrogen-bond acceptors (Lipinski definition) is 9. The summed E-state index contributed by atoms with van der Waals surface area (Å²) < 4.78 is 18.4. The maximum absolute atomic E-state index is 6.17. The molecule has 192 valence electrons. The summed E-state index contributed by atoms with van der Waals surface area (Å²) in [6, 6.07) is 6.31. The Morgan fingerprint density at radius 2 is 2.11 bits per heavy atom. The largest absolute Gasteiger partial charge is 0.382 e. The molecule has 5 heterocycles. The smallest absolute Gasteiger partial charge is 0.147 e. The van der Waals surface area contributed by atoms with Gasteiger partial charge in [0, 0.05) is 31.0 Å². The van der Waals surface area contributed by atoms with Gasteiger partial charge < -0.3 is 24.5 Å². The molecule has 0 saturated carbocycles. The molecule has 4 aromatic heterocycles. The minimum absolute atomic E-state index is 0.246. The van der Waals surface area contributed by atoms with E-state index < -0.39 is 0 Å². The molecule has 0 radical (unpaired) electrons. The Labute approximate surface area is 218 Å². The Bertz CT molecular complexity index is 1580. The molecule has 0 aliphatic carbocycles. The second-order valence-electron chi connectivity index (χ2n) is 9.90. The van der Waals surface area contributed by atoms with Gasteiger partial charge >= 0.3 is 0 Å². The number of H-pyrrole nitrogens is 1. The third kappa shape index (κ3) is 4.77. The van der Waals surface area contributed by atoms with E-state index in [9.17, 15) is 0 Å². The fourth-order valence-corrected chi connectivity index (χ4v) is 6.01. The van der Waals surface area contributed by atoms with Gasteiger partial charge in [-0.05, 0) is 43.5 Å². The number of fused-ring (bicyclic) bond motifs is 5. The molecular formula is C27H30N6O3S. The highest BCUT2D eigenvalue weighted by Gasteiger charge is 2.31. The van der Waals surface area contributed by atoms with Crippen LogP contribution in [-0.4, -0.2) is 57.4 Å². The molecule has 0 saturated heterocycles. The number of pyridine rings is 1. The number of thiophene rings is 1. The van der Waals surface area contributed by atoms with Crippen molar-refractivity contribution in [1.29, 1.82) is 0 Å². The summed E-state index contributed by atoms with van der Waals surface area (Å²) in [7, 11) is 1.68. The van der Waals surface area contributed by atoms with Gasteiger partial charge in [-0.2, -0.15) is 0 Å². The van der Waals surface area contributed by atoms with Gasteiger partial charge in [0.1, 0.15) is 17.0 Å². The summed E-state index contributed by atoms with van der Waals surface area (Å²) in [6.45, 7) is 7.02. The Balaban J connectivity index is 1.33. The highest BCUT2D eigenvalue weighted by molar-refractivity contribution is 7.26. The molecule has 0 spiro atoms. The highest BCUT2D eigenvalue weighted by Crippen LogP contribution is 2.41. The average Bonchev–Trinajstić information content (AvgIpc) is 3.50. The van der Waals surface area contributed by atoms with E-state index >= 15 is 0 Å². The molecule has 0 fully saturated rings. The van der Waals surface area contributed by atoms with Gasteiger partial charge in [-0.1, -0.05) is 6.07 Å². The first kappa shape index (κ1) is 24.2. The zero-order chi connectivity index (χ0) is 25.4. The van der Waals surface area contributed by atoms with E-state index in [4.69, 9.17) is 24.2 Å². The number of anilines is 1. The van der Waals surface area contributed by atoms with Crippen LogP contribution < -0.4 is 5.32 Å². The number of hydrogen-bond donors (Lipinski definition) is 2. The van der Waals surface area contributed by atoms with Crippen molar-refractivity contribution >= 4 is 48.6 Å². The van der Waals surface area contributed by atoms with Crippen LogP contribution in [0.15, 0.2) is 30.9 Å². The predicted octanol–water partition coefficient (Wildman–Crippen LogP) is 4.78. The number of nitrogens with one attached hydrogen (secondary N) is 2. The first-order valence-corrected chi connectivity index (χ1v) is 13.3. The van der Waals surface area contributed by atoms with Crippen LogP contribution in [0.25, 0.3) is 31.5 Å². The fraction of sp³-hybridized carbons (Fsp3) is 0.407. The maximum Gasteiger partial charge on any atom is 0.147 e. The van der Waals surface area contributed by atoms with Crippen molar-refractivity contribution in [3.8, 4) is 0 Å². The molecular weight excluding hydrogens is 488 g/mol. The second-order valence-corrected chi connectivity index (χ2v) is 10.9. The van der Waals surface area contributed by atoms with Crippen LogP contribution in [0.2, 0.25) is 0 Å².